The van der Waals surface area contributed by atoms with E-state index in [1.165, 1.54) is 0 Å². The number of amides is 1. The molecular weight excluding hydrogens is 414 g/mol. The second-order valence-corrected chi connectivity index (χ2v) is 7.14. The van der Waals surface area contributed by atoms with Crippen LogP contribution in [0.4, 0.5) is 5.69 Å². The van der Waals surface area contributed by atoms with Gasteiger partial charge in [0.25, 0.3) is 5.91 Å². The molecule has 4 nitrogen and oxygen atoms in total. The third-order valence-corrected chi connectivity index (χ3v) is 4.68. The molecule has 3 aromatic carbocycles. The van der Waals surface area contributed by atoms with Gasteiger partial charge in [-0.25, -0.2) is 4.98 Å². The largest absolute Gasteiger partial charge is 0.338 e. The standard InChI is InChI=1S/C20H13BrClN3O/c21-14-2-1-3-16(10-14)23-20(26)13-6-4-12(5-7-13)19-24-17-9-8-15(22)11-18(17)25-19/h1-11H,(H,23,26)(H,24,25). The van der Waals surface area contributed by atoms with E-state index in [4.69, 9.17) is 11.6 Å². The van der Waals surface area contributed by atoms with Crippen molar-refractivity contribution in [1.82, 2.24) is 9.97 Å². The van der Waals surface area contributed by atoms with Gasteiger partial charge >= 0.3 is 0 Å². The lowest BCUT2D eigenvalue weighted by Gasteiger charge is -2.06. The van der Waals surface area contributed by atoms with Crippen LogP contribution in [0.3, 0.4) is 0 Å². The first-order valence-corrected chi connectivity index (χ1v) is 9.08. The number of nitrogens with one attached hydrogen (secondary N) is 2. The van der Waals surface area contributed by atoms with E-state index in [1.54, 1.807) is 12.1 Å². The fraction of sp³-hybridized carbons (Fsp3) is 0. The highest BCUT2D eigenvalue weighted by atomic mass is 79.9. The SMILES string of the molecule is O=C(Nc1cccc(Br)c1)c1ccc(-c2nc3ccc(Cl)cc3[nH]2)cc1. The number of hydrogen-bond donors (Lipinski definition) is 2. The van der Waals surface area contributed by atoms with Crippen molar-refractivity contribution in [2.24, 2.45) is 0 Å². The average molecular weight is 427 g/mol. The molecule has 0 unspecified atom stereocenters. The Hall–Kier alpha value is -2.63. The Kier molecular flexibility index (Phi) is 4.49. The molecule has 2 N–H and O–H groups in total. The maximum Gasteiger partial charge on any atom is 0.255 e. The van der Waals surface area contributed by atoms with Crippen molar-refractivity contribution in [3.8, 4) is 11.4 Å². The molecule has 1 aromatic heterocycles. The third-order valence-electron chi connectivity index (χ3n) is 3.95. The van der Waals surface area contributed by atoms with E-state index in [-0.39, 0.29) is 5.91 Å². The van der Waals surface area contributed by atoms with Gasteiger partial charge in [0.2, 0.25) is 0 Å². The summed E-state index contributed by atoms with van der Waals surface area (Å²) in [6.07, 6.45) is 0. The number of aromatic nitrogens is 2. The first kappa shape index (κ1) is 16.8. The van der Waals surface area contributed by atoms with Crippen molar-refractivity contribution in [2.75, 3.05) is 5.32 Å². The smallest absolute Gasteiger partial charge is 0.255 e. The number of H-pyrrole nitrogens is 1. The first-order valence-electron chi connectivity index (χ1n) is 7.91. The normalized spacial score (nSPS) is 10.8. The van der Waals surface area contributed by atoms with Crippen molar-refractivity contribution in [2.45, 2.75) is 0 Å². The lowest BCUT2D eigenvalue weighted by molar-refractivity contribution is 0.102. The van der Waals surface area contributed by atoms with Crippen molar-refractivity contribution in [1.29, 1.82) is 0 Å². The van der Waals surface area contributed by atoms with E-state index >= 15 is 0 Å². The van der Waals surface area contributed by atoms with Gasteiger partial charge in [-0.3, -0.25) is 4.79 Å². The van der Waals surface area contributed by atoms with Gasteiger partial charge in [-0.2, -0.15) is 0 Å². The average Bonchev–Trinajstić information content (AvgIpc) is 3.05. The highest BCUT2D eigenvalue weighted by Gasteiger charge is 2.09. The molecule has 128 valence electrons. The molecule has 0 saturated carbocycles. The van der Waals surface area contributed by atoms with Crippen LogP contribution in [0.1, 0.15) is 10.4 Å². The van der Waals surface area contributed by atoms with Crippen LogP contribution >= 0.6 is 27.5 Å². The Labute approximate surface area is 163 Å². The first-order chi connectivity index (χ1) is 12.6. The number of halogens is 2. The number of benzene rings is 3. The lowest BCUT2D eigenvalue weighted by atomic mass is 10.1. The third kappa shape index (κ3) is 3.49. The minimum Gasteiger partial charge on any atom is -0.338 e. The van der Waals surface area contributed by atoms with Crippen LogP contribution in [0, 0.1) is 0 Å². The number of aromatic amines is 1. The minimum atomic E-state index is -0.161. The number of hydrogen-bond acceptors (Lipinski definition) is 2. The summed E-state index contributed by atoms with van der Waals surface area (Å²) < 4.78 is 0.913. The number of anilines is 1. The molecule has 0 aliphatic rings. The zero-order valence-corrected chi connectivity index (χ0v) is 15.8. The summed E-state index contributed by atoms with van der Waals surface area (Å²) in [5, 5.41) is 3.54. The predicted molar refractivity (Wildman–Crippen MR) is 109 cm³/mol. The fourth-order valence-corrected chi connectivity index (χ4v) is 3.24. The van der Waals surface area contributed by atoms with Gasteiger partial charge in [-0.15, -0.1) is 0 Å². The van der Waals surface area contributed by atoms with E-state index in [0.717, 1.165) is 32.6 Å². The quantitative estimate of drug-likeness (QED) is 0.428. The maximum absolute atomic E-state index is 12.4. The second kappa shape index (κ2) is 6.94. The van der Waals surface area contributed by atoms with Crippen LogP contribution in [0.2, 0.25) is 5.02 Å². The predicted octanol–water partition coefficient (Wildman–Crippen LogP) is 5.90. The molecule has 0 fully saturated rings. The number of imidazole rings is 1. The number of fused-ring (bicyclic) bond motifs is 1. The summed E-state index contributed by atoms with van der Waals surface area (Å²) >= 11 is 9.40. The molecule has 0 aliphatic carbocycles. The Morgan fingerprint density at radius 1 is 1.04 bits per heavy atom. The zero-order chi connectivity index (χ0) is 18.1. The topological polar surface area (TPSA) is 57.8 Å². The molecule has 0 spiro atoms. The molecule has 0 bridgehead atoms. The molecule has 0 atom stereocenters. The van der Waals surface area contributed by atoms with Gasteiger partial charge in [-0.1, -0.05) is 45.7 Å². The Balaban J connectivity index is 1.56. The van der Waals surface area contributed by atoms with E-state index in [0.29, 0.717) is 10.6 Å². The van der Waals surface area contributed by atoms with Crippen molar-refractivity contribution >= 4 is 50.2 Å². The summed E-state index contributed by atoms with van der Waals surface area (Å²) in [7, 11) is 0. The van der Waals surface area contributed by atoms with Gasteiger partial charge < -0.3 is 10.3 Å². The molecule has 0 aliphatic heterocycles. The van der Waals surface area contributed by atoms with Crippen LogP contribution < -0.4 is 5.32 Å². The summed E-state index contributed by atoms with van der Waals surface area (Å²) in [4.78, 5) is 20.2. The van der Waals surface area contributed by atoms with E-state index in [9.17, 15) is 4.79 Å². The molecule has 1 heterocycles. The maximum atomic E-state index is 12.4. The fourth-order valence-electron chi connectivity index (χ4n) is 2.67. The Bertz CT molecular complexity index is 1110. The second-order valence-electron chi connectivity index (χ2n) is 5.79. The van der Waals surface area contributed by atoms with Crippen molar-refractivity contribution < 1.29 is 4.79 Å². The lowest BCUT2D eigenvalue weighted by Crippen LogP contribution is -2.11. The summed E-state index contributed by atoms with van der Waals surface area (Å²) in [5.41, 5.74) is 3.94. The molecule has 26 heavy (non-hydrogen) atoms. The Morgan fingerprint density at radius 2 is 1.85 bits per heavy atom. The molecular formula is C20H13BrClN3O. The highest BCUT2D eigenvalue weighted by Crippen LogP contribution is 2.23. The highest BCUT2D eigenvalue weighted by molar-refractivity contribution is 9.10. The van der Waals surface area contributed by atoms with Crippen LogP contribution in [0.5, 0.6) is 0 Å². The molecule has 0 saturated heterocycles. The van der Waals surface area contributed by atoms with Crippen molar-refractivity contribution in [3.63, 3.8) is 0 Å². The van der Waals surface area contributed by atoms with E-state index in [2.05, 4.69) is 31.2 Å². The molecule has 4 aromatic rings. The molecule has 4 rings (SSSR count). The van der Waals surface area contributed by atoms with Crippen LogP contribution in [-0.4, -0.2) is 15.9 Å². The van der Waals surface area contributed by atoms with Gasteiger partial charge in [0, 0.05) is 26.3 Å². The summed E-state index contributed by atoms with van der Waals surface area (Å²) in [6.45, 7) is 0. The van der Waals surface area contributed by atoms with Crippen LogP contribution in [0.25, 0.3) is 22.4 Å². The van der Waals surface area contributed by atoms with Crippen molar-refractivity contribution in [3.05, 3.63) is 81.8 Å². The van der Waals surface area contributed by atoms with E-state index < -0.39 is 0 Å². The number of carbonyl (C=O) groups excluding carboxylic acids is 1. The zero-order valence-electron chi connectivity index (χ0n) is 13.5. The molecule has 6 heteroatoms. The molecule has 1 amide bonds. The van der Waals surface area contributed by atoms with E-state index in [1.807, 2.05) is 54.6 Å². The van der Waals surface area contributed by atoms with Gasteiger partial charge in [0.05, 0.1) is 11.0 Å². The molecule has 0 radical (unpaired) electrons. The van der Waals surface area contributed by atoms with Gasteiger partial charge in [0.1, 0.15) is 5.82 Å². The number of nitrogens with zero attached hydrogens (tertiary/aromatic N) is 1. The minimum absolute atomic E-state index is 0.161. The van der Waals surface area contributed by atoms with Gasteiger partial charge in [0.15, 0.2) is 0 Å². The van der Waals surface area contributed by atoms with Crippen LogP contribution in [0.15, 0.2) is 71.2 Å². The number of rotatable bonds is 3. The Morgan fingerprint density at radius 3 is 2.62 bits per heavy atom. The monoisotopic (exact) mass is 425 g/mol. The van der Waals surface area contributed by atoms with Gasteiger partial charge in [-0.05, 0) is 48.5 Å². The summed E-state index contributed by atoms with van der Waals surface area (Å²) in [6, 6.07) is 20.3. The number of carbonyl (C=O) groups is 1. The summed E-state index contributed by atoms with van der Waals surface area (Å²) in [5.74, 6) is 0.576. The van der Waals surface area contributed by atoms with Crippen LogP contribution in [-0.2, 0) is 0 Å².